The summed E-state index contributed by atoms with van der Waals surface area (Å²) in [7, 11) is 1.62. The first-order valence-corrected chi connectivity index (χ1v) is 6.91. The van der Waals surface area contributed by atoms with E-state index in [1.165, 1.54) is 11.3 Å². The molecule has 0 radical (unpaired) electrons. The fraction of sp³-hybridized carbons (Fsp3) is 0.385. The van der Waals surface area contributed by atoms with E-state index < -0.39 is 0 Å². The average molecular weight is 279 g/mol. The highest BCUT2D eigenvalue weighted by Gasteiger charge is 2.19. The van der Waals surface area contributed by atoms with Gasteiger partial charge in [0.2, 0.25) is 0 Å². The van der Waals surface area contributed by atoms with Crippen molar-refractivity contribution in [3.05, 3.63) is 23.2 Å². The molecule has 0 saturated heterocycles. The summed E-state index contributed by atoms with van der Waals surface area (Å²) < 4.78 is 5.99. The Morgan fingerprint density at radius 2 is 2.42 bits per heavy atom. The Balaban J connectivity index is 2.24. The number of nitrogens with two attached hydrogens (primary N) is 1. The number of nitrogens with one attached hydrogen (secondary N) is 1. The average Bonchev–Trinajstić information content (AvgIpc) is 2.76. The van der Waals surface area contributed by atoms with Crippen LogP contribution in [0.15, 0.2) is 18.3 Å². The summed E-state index contributed by atoms with van der Waals surface area (Å²) in [6, 6.07) is 3.74. The number of aromatic nitrogens is 1. The van der Waals surface area contributed by atoms with Crippen molar-refractivity contribution in [2.24, 2.45) is 0 Å². The van der Waals surface area contributed by atoms with Gasteiger partial charge in [0.1, 0.15) is 10.4 Å². The number of methoxy groups -OCH3 is 1. The van der Waals surface area contributed by atoms with E-state index in [0.717, 1.165) is 11.1 Å². The van der Waals surface area contributed by atoms with Crippen LogP contribution in [0, 0.1) is 0 Å². The monoisotopic (exact) mass is 279 g/mol. The predicted molar refractivity (Wildman–Crippen MR) is 77.5 cm³/mol. The third kappa shape index (κ3) is 2.85. The third-order valence-electron chi connectivity index (χ3n) is 2.88. The van der Waals surface area contributed by atoms with Gasteiger partial charge in [-0.1, -0.05) is 6.92 Å². The van der Waals surface area contributed by atoms with Crippen LogP contribution >= 0.6 is 11.3 Å². The van der Waals surface area contributed by atoms with Crippen molar-refractivity contribution in [3.8, 4) is 0 Å². The molecule has 0 bridgehead atoms. The minimum Gasteiger partial charge on any atom is -0.396 e. The van der Waals surface area contributed by atoms with E-state index in [0.29, 0.717) is 22.7 Å². The SMILES string of the molecule is CCC(COC)NC(=O)c1sc2cccnc2c1N. The standard InChI is InChI=1S/C13H17N3O2S/c1-3-8(7-18-2)16-13(17)12-10(14)11-9(19-12)5-4-6-15-11/h4-6,8H,3,7,14H2,1-2H3,(H,16,17). The van der Waals surface area contributed by atoms with Crippen LogP contribution in [0.2, 0.25) is 0 Å². The van der Waals surface area contributed by atoms with Gasteiger partial charge in [0, 0.05) is 13.3 Å². The van der Waals surface area contributed by atoms with Gasteiger partial charge in [-0.15, -0.1) is 11.3 Å². The number of thiophene rings is 1. The maximum atomic E-state index is 12.2. The number of nitrogen functional groups attached to an aromatic ring is 1. The Morgan fingerprint density at radius 3 is 3.05 bits per heavy atom. The first kappa shape index (κ1) is 13.8. The molecule has 0 aliphatic carbocycles. The molecule has 102 valence electrons. The van der Waals surface area contributed by atoms with Gasteiger partial charge in [0.25, 0.3) is 5.91 Å². The predicted octanol–water partition coefficient (Wildman–Crippen LogP) is 2.03. The van der Waals surface area contributed by atoms with Crippen molar-refractivity contribution in [1.29, 1.82) is 0 Å². The zero-order chi connectivity index (χ0) is 13.8. The van der Waals surface area contributed by atoms with Crippen LogP contribution in [0.3, 0.4) is 0 Å². The van der Waals surface area contributed by atoms with Crippen LogP contribution in [0.4, 0.5) is 5.69 Å². The summed E-state index contributed by atoms with van der Waals surface area (Å²) in [5, 5.41) is 2.92. The Kier molecular flexibility index (Phi) is 4.34. The van der Waals surface area contributed by atoms with Crippen LogP contribution in [0.25, 0.3) is 10.2 Å². The summed E-state index contributed by atoms with van der Waals surface area (Å²) in [5.74, 6) is -0.163. The molecule has 1 atom stereocenters. The second-order valence-electron chi connectivity index (χ2n) is 4.23. The van der Waals surface area contributed by atoms with Gasteiger partial charge in [-0.2, -0.15) is 0 Å². The number of pyridine rings is 1. The first-order chi connectivity index (χ1) is 9.17. The maximum absolute atomic E-state index is 12.2. The summed E-state index contributed by atoms with van der Waals surface area (Å²) in [6.07, 6.45) is 2.48. The number of ether oxygens (including phenoxy) is 1. The number of anilines is 1. The number of rotatable bonds is 5. The Labute approximate surface area is 115 Å². The topological polar surface area (TPSA) is 77.2 Å². The van der Waals surface area contributed by atoms with Gasteiger partial charge in [0.05, 0.1) is 23.0 Å². The molecule has 0 aromatic carbocycles. The Morgan fingerprint density at radius 1 is 1.63 bits per heavy atom. The smallest absolute Gasteiger partial charge is 0.263 e. The molecule has 0 fully saturated rings. The second-order valence-corrected chi connectivity index (χ2v) is 5.28. The molecular formula is C13H17N3O2S. The van der Waals surface area contributed by atoms with E-state index in [1.807, 2.05) is 19.1 Å². The van der Waals surface area contributed by atoms with Crippen LogP contribution < -0.4 is 11.1 Å². The van der Waals surface area contributed by atoms with E-state index in [9.17, 15) is 4.79 Å². The maximum Gasteiger partial charge on any atom is 0.263 e. The fourth-order valence-corrected chi connectivity index (χ4v) is 2.81. The summed E-state index contributed by atoms with van der Waals surface area (Å²) in [5.41, 5.74) is 7.13. The van der Waals surface area contributed by atoms with Crippen LogP contribution in [0.1, 0.15) is 23.0 Å². The highest BCUT2D eigenvalue weighted by Crippen LogP contribution is 2.31. The van der Waals surface area contributed by atoms with E-state index >= 15 is 0 Å². The Hall–Kier alpha value is -1.66. The summed E-state index contributed by atoms with van der Waals surface area (Å²) in [6.45, 7) is 2.49. The molecule has 0 saturated carbocycles. The molecule has 2 rings (SSSR count). The second kappa shape index (κ2) is 5.99. The van der Waals surface area contributed by atoms with E-state index in [2.05, 4.69) is 10.3 Å². The first-order valence-electron chi connectivity index (χ1n) is 6.10. The van der Waals surface area contributed by atoms with E-state index in [-0.39, 0.29) is 11.9 Å². The molecule has 2 aromatic heterocycles. The molecule has 3 N–H and O–H groups in total. The lowest BCUT2D eigenvalue weighted by atomic mass is 10.2. The minimum absolute atomic E-state index is 0.00456. The molecule has 6 heteroatoms. The molecule has 2 aromatic rings. The number of hydrogen-bond donors (Lipinski definition) is 2. The zero-order valence-corrected chi connectivity index (χ0v) is 11.8. The van der Waals surface area contributed by atoms with Gasteiger partial charge in [-0.05, 0) is 18.6 Å². The Bertz CT molecular complexity index is 582. The molecule has 0 aliphatic rings. The molecule has 19 heavy (non-hydrogen) atoms. The number of hydrogen-bond acceptors (Lipinski definition) is 5. The molecule has 0 spiro atoms. The number of carbonyl (C=O) groups is 1. The van der Waals surface area contributed by atoms with Gasteiger partial charge >= 0.3 is 0 Å². The van der Waals surface area contributed by atoms with E-state index in [4.69, 9.17) is 10.5 Å². The number of amides is 1. The normalized spacial score (nSPS) is 12.5. The quantitative estimate of drug-likeness (QED) is 0.878. The van der Waals surface area contributed by atoms with E-state index in [1.54, 1.807) is 13.3 Å². The highest BCUT2D eigenvalue weighted by atomic mass is 32.1. The van der Waals surface area contributed by atoms with Gasteiger partial charge < -0.3 is 15.8 Å². The summed E-state index contributed by atoms with van der Waals surface area (Å²) >= 11 is 1.36. The molecular weight excluding hydrogens is 262 g/mol. The molecule has 0 aliphatic heterocycles. The van der Waals surface area contributed by atoms with Crippen molar-refractivity contribution < 1.29 is 9.53 Å². The van der Waals surface area contributed by atoms with Crippen molar-refractivity contribution in [3.63, 3.8) is 0 Å². The van der Waals surface area contributed by atoms with Crippen LogP contribution in [-0.2, 0) is 4.74 Å². The largest absolute Gasteiger partial charge is 0.396 e. The van der Waals surface area contributed by atoms with Crippen LogP contribution in [0.5, 0.6) is 0 Å². The fourth-order valence-electron chi connectivity index (χ4n) is 1.83. The molecule has 5 nitrogen and oxygen atoms in total. The lowest BCUT2D eigenvalue weighted by molar-refractivity contribution is 0.0899. The lowest BCUT2D eigenvalue weighted by Gasteiger charge is -2.15. The highest BCUT2D eigenvalue weighted by molar-refractivity contribution is 7.21. The third-order valence-corrected chi connectivity index (χ3v) is 4.04. The summed E-state index contributed by atoms with van der Waals surface area (Å²) in [4.78, 5) is 16.9. The minimum atomic E-state index is -0.163. The zero-order valence-electron chi connectivity index (χ0n) is 11.0. The van der Waals surface area contributed by atoms with Gasteiger partial charge in [-0.3, -0.25) is 9.78 Å². The van der Waals surface area contributed by atoms with Crippen molar-refractivity contribution >= 4 is 33.1 Å². The number of fused-ring (bicyclic) bond motifs is 1. The van der Waals surface area contributed by atoms with Crippen molar-refractivity contribution in [1.82, 2.24) is 10.3 Å². The number of carbonyl (C=O) groups excluding carboxylic acids is 1. The number of nitrogens with zero attached hydrogens (tertiary/aromatic N) is 1. The molecule has 1 amide bonds. The van der Waals surface area contributed by atoms with Crippen molar-refractivity contribution in [2.45, 2.75) is 19.4 Å². The van der Waals surface area contributed by atoms with Gasteiger partial charge in [0.15, 0.2) is 0 Å². The van der Waals surface area contributed by atoms with Crippen LogP contribution in [-0.4, -0.2) is 30.6 Å². The van der Waals surface area contributed by atoms with Gasteiger partial charge in [-0.25, -0.2) is 0 Å². The van der Waals surface area contributed by atoms with Crippen molar-refractivity contribution in [2.75, 3.05) is 19.5 Å². The lowest BCUT2D eigenvalue weighted by Crippen LogP contribution is -2.37. The molecule has 2 heterocycles. The molecule has 1 unspecified atom stereocenters.